The summed E-state index contributed by atoms with van der Waals surface area (Å²) in [6.07, 6.45) is 0.244. The first-order chi connectivity index (χ1) is 6.04. The topological polar surface area (TPSA) is 63.6 Å². The smallest absolute Gasteiger partial charge is 0.345 e. The van der Waals surface area contributed by atoms with Crippen molar-refractivity contribution in [2.45, 2.75) is 27.2 Å². The van der Waals surface area contributed by atoms with Crippen molar-refractivity contribution in [1.29, 1.82) is 0 Å². The molecule has 0 unspecified atom stereocenters. The van der Waals surface area contributed by atoms with E-state index in [1.165, 1.54) is 6.92 Å². The van der Waals surface area contributed by atoms with Gasteiger partial charge in [-0.3, -0.25) is 4.79 Å². The molecule has 0 amide bonds. The zero-order valence-electron chi connectivity index (χ0n) is 8.09. The number of esters is 1. The summed E-state index contributed by atoms with van der Waals surface area (Å²) >= 11 is 0. The normalized spacial score (nSPS) is 11.9. The van der Waals surface area contributed by atoms with Crippen LogP contribution in [0.15, 0.2) is 11.3 Å². The van der Waals surface area contributed by atoms with Gasteiger partial charge >= 0.3 is 5.97 Å². The van der Waals surface area contributed by atoms with Gasteiger partial charge in [0.05, 0.1) is 6.61 Å². The molecule has 0 aliphatic rings. The number of ether oxygens (including phenoxy) is 1. The molecule has 4 nitrogen and oxygen atoms in total. The van der Waals surface area contributed by atoms with Crippen molar-refractivity contribution in [3.63, 3.8) is 0 Å². The first-order valence-corrected chi connectivity index (χ1v) is 4.14. The third-order valence-corrected chi connectivity index (χ3v) is 1.46. The molecule has 0 aliphatic heterocycles. The molecule has 0 saturated heterocycles. The number of carbonyl (C=O) groups excluding carboxylic acids is 2. The van der Waals surface area contributed by atoms with E-state index in [0.717, 1.165) is 0 Å². The van der Waals surface area contributed by atoms with E-state index < -0.39 is 11.8 Å². The van der Waals surface area contributed by atoms with Gasteiger partial charge in [0.15, 0.2) is 5.78 Å². The van der Waals surface area contributed by atoms with E-state index in [-0.39, 0.29) is 24.4 Å². The summed E-state index contributed by atoms with van der Waals surface area (Å²) in [5, 5.41) is 9.24. The highest BCUT2D eigenvalue weighted by Crippen LogP contribution is 2.08. The van der Waals surface area contributed by atoms with Gasteiger partial charge in [-0.15, -0.1) is 0 Å². The number of rotatable bonds is 4. The van der Waals surface area contributed by atoms with Crippen LogP contribution in [0, 0.1) is 0 Å². The Morgan fingerprint density at radius 1 is 1.31 bits per heavy atom. The van der Waals surface area contributed by atoms with Crippen LogP contribution in [0.25, 0.3) is 0 Å². The lowest BCUT2D eigenvalue weighted by Crippen LogP contribution is -2.16. The van der Waals surface area contributed by atoms with Crippen molar-refractivity contribution >= 4 is 11.8 Å². The van der Waals surface area contributed by atoms with Crippen molar-refractivity contribution in [3.05, 3.63) is 11.3 Å². The lowest BCUT2D eigenvalue weighted by atomic mass is 10.1. The molecule has 0 fully saturated rings. The van der Waals surface area contributed by atoms with Gasteiger partial charge in [-0.25, -0.2) is 4.79 Å². The molecule has 0 radical (unpaired) electrons. The van der Waals surface area contributed by atoms with E-state index in [0.29, 0.717) is 0 Å². The van der Waals surface area contributed by atoms with Crippen LogP contribution < -0.4 is 0 Å². The molecule has 0 bridgehead atoms. The lowest BCUT2D eigenvalue weighted by molar-refractivity contribution is -0.140. The first kappa shape index (κ1) is 11.7. The molecule has 0 atom stereocenters. The largest absolute Gasteiger partial charge is 0.511 e. The molecule has 0 spiro atoms. The van der Waals surface area contributed by atoms with Crippen LogP contribution in [0.2, 0.25) is 0 Å². The number of aliphatic hydroxyl groups excluding tert-OH is 1. The van der Waals surface area contributed by atoms with Gasteiger partial charge in [-0.2, -0.15) is 0 Å². The van der Waals surface area contributed by atoms with Crippen LogP contribution in [-0.4, -0.2) is 23.5 Å². The van der Waals surface area contributed by atoms with Crippen LogP contribution in [0.3, 0.4) is 0 Å². The summed E-state index contributed by atoms with van der Waals surface area (Å²) in [4.78, 5) is 22.1. The number of aliphatic hydroxyl groups is 1. The molecule has 0 aromatic heterocycles. The fourth-order valence-electron chi connectivity index (χ4n) is 0.845. The average molecular weight is 186 g/mol. The van der Waals surface area contributed by atoms with E-state index >= 15 is 0 Å². The minimum atomic E-state index is -0.755. The molecule has 0 rings (SSSR count). The van der Waals surface area contributed by atoms with Gasteiger partial charge in [0.1, 0.15) is 11.3 Å². The molecular weight excluding hydrogens is 172 g/mol. The Balaban J connectivity index is 4.82. The van der Waals surface area contributed by atoms with Crippen LogP contribution >= 0.6 is 0 Å². The van der Waals surface area contributed by atoms with Crippen molar-refractivity contribution < 1.29 is 19.4 Å². The van der Waals surface area contributed by atoms with Crippen LogP contribution in [0.5, 0.6) is 0 Å². The highest BCUT2D eigenvalue weighted by Gasteiger charge is 2.19. The maximum atomic E-state index is 11.1. The molecule has 74 valence electrons. The second-order valence-corrected chi connectivity index (χ2v) is 2.45. The van der Waals surface area contributed by atoms with Crippen LogP contribution in [0.1, 0.15) is 27.2 Å². The van der Waals surface area contributed by atoms with Crippen molar-refractivity contribution in [1.82, 2.24) is 0 Å². The second kappa shape index (κ2) is 5.35. The summed E-state index contributed by atoms with van der Waals surface area (Å²) in [6.45, 7) is 4.70. The molecule has 4 heteroatoms. The van der Waals surface area contributed by atoms with Crippen molar-refractivity contribution in [2.75, 3.05) is 6.61 Å². The highest BCUT2D eigenvalue weighted by atomic mass is 16.5. The predicted molar refractivity (Wildman–Crippen MR) is 47.3 cm³/mol. The van der Waals surface area contributed by atoms with Gasteiger partial charge in [0.2, 0.25) is 0 Å². The molecule has 0 heterocycles. The fraction of sp³-hybridized carbons (Fsp3) is 0.556. The Morgan fingerprint density at radius 2 is 1.85 bits per heavy atom. The quantitative estimate of drug-likeness (QED) is 0.237. The zero-order chi connectivity index (χ0) is 10.4. The summed E-state index contributed by atoms with van der Waals surface area (Å²) in [6, 6.07) is 0. The van der Waals surface area contributed by atoms with E-state index in [4.69, 9.17) is 0 Å². The van der Waals surface area contributed by atoms with E-state index in [9.17, 15) is 14.7 Å². The number of hydrogen-bond donors (Lipinski definition) is 1. The van der Waals surface area contributed by atoms with Crippen LogP contribution in [-0.2, 0) is 14.3 Å². The van der Waals surface area contributed by atoms with Gasteiger partial charge in [0.25, 0.3) is 0 Å². The minimum absolute atomic E-state index is 0.187. The van der Waals surface area contributed by atoms with Crippen LogP contribution in [0.4, 0.5) is 0 Å². The maximum absolute atomic E-state index is 11.1. The van der Waals surface area contributed by atoms with Crippen molar-refractivity contribution in [2.24, 2.45) is 0 Å². The summed E-state index contributed by atoms with van der Waals surface area (Å²) in [5.74, 6) is -1.45. The Bertz CT molecular complexity index is 240. The average Bonchev–Trinajstić information content (AvgIpc) is 2.04. The van der Waals surface area contributed by atoms with Gasteiger partial charge < -0.3 is 9.84 Å². The summed E-state index contributed by atoms with van der Waals surface area (Å²) in [7, 11) is 0. The molecule has 0 aromatic rings. The number of Topliss-reactive ketones (excluding diaryl/α,β-unsaturated/α-hetero) is 1. The SMILES string of the molecule is CCOC(=O)/C(C(C)=O)=C(/O)CC. The number of ketones is 1. The molecule has 1 N–H and O–H groups in total. The third-order valence-electron chi connectivity index (χ3n) is 1.46. The molecular formula is C9H14O4. The lowest BCUT2D eigenvalue weighted by Gasteiger charge is -2.05. The van der Waals surface area contributed by atoms with Gasteiger partial charge in [-0.05, 0) is 13.8 Å². The van der Waals surface area contributed by atoms with E-state index in [2.05, 4.69) is 4.74 Å². The maximum Gasteiger partial charge on any atom is 0.345 e. The number of carbonyl (C=O) groups is 2. The Kier molecular flexibility index (Phi) is 4.80. The van der Waals surface area contributed by atoms with Gasteiger partial charge in [0, 0.05) is 6.42 Å². The molecule has 0 aliphatic carbocycles. The fourth-order valence-corrected chi connectivity index (χ4v) is 0.845. The Labute approximate surface area is 77.2 Å². The molecule has 13 heavy (non-hydrogen) atoms. The predicted octanol–water partition coefficient (Wildman–Crippen LogP) is 1.36. The second-order valence-electron chi connectivity index (χ2n) is 2.45. The Hall–Kier alpha value is -1.32. The number of allylic oxidation sites excluding steroid dienone is 1. The summed E-state index contributed by atoms with van der Waals surface area (Å²) in [5.41, 5.74) is -0.246. The van der Waals surface area contributed by atoms with E-state index in [1.807, 2.05) is 0 Å². The standard InChI is InChI=1S/C9H14O4/c1-4-7(11)8(6(3)10)9(12)13-5-2/h11H,4-5H2,1-3H3/b8-7+. The van der Waals surface area contributed by atoms with Crippen molar-refractivity contribution in [3.8, 4) is 0 Å². The number of hydrogen-bond acceptors (Lipinski definition) is 4. The Morgan fingerprint density at radius 3 is 2.15 bits per heavy atom. The summed E-state index contributed by atoms with van der Waals surface area (Å²) < 4.78 is 4.61. The van der Waals surface area contributed by atoms with Gasteiger partial charge in [-0.1, -0.05) is 6.92 Å². The third kappa shape index (κ3) is 3.27. The first-order valence-electron chi connectivity index (χ1n) is 4.14. The molecule has 0 saturated carbocycles. The monoisotopic (exact) mass is 186 g/mol. The molecule has 0 aromatic carbocycles. The van der Waals surface area contributed by atoms with E-state index in [1.54, 1.807) is 13.8 Å². The zero-order valence-corrected chi connectivity index (χ0v) is 8.09. The minimum Gasteiger partial charge on any atom is -0.511 e. The highest BCUT2D eigenvalue weighted by molar-refractivity contribution is 6.16.